The lowest BCUT2D eigenvalue weighted by Gasteiger charge is -2.09. The van der Waals surface area contributed by atoms with Gasteiger partial charge in [-0.05, 0) is 11.6 Å². The summed E-state index contributed by atoms with van der Waals surface area (Å²) in [5, 5.41) is 11.2. The summed E-state index contributed by atoms with van der Waals surface area (Å²) in [6.45, 7) is 0. The Morgan fingerprint density at radius 1 is 1.30 bits per heavy atom. The van der Waals surface area contributed by atoms with Crippen molar-refractivity contribution in [3.05, 3.63) is 76.3 Å². The van der Waals surface area contributed by atoms with E-state index in [1.165, 1.54) is 18.6 Å². The molecule has 2 aliphatic rings. The number of nitrogens with zero attached hydrogens (tertiary/aromatic N) is 1. The molecule has 0 bridgehead atoms. The smallest absolute Gasteiger partial charge is 0.276 e. The molecule has 0 aromatic heterocycles. The Labute approximate surface area is 117 Å². The maximum atomic E-state index is 11.2. The van der Waals surface area contributed by atoms with Crippen molar-refractivity contribution >= 4 is 24.6 Å². The van der Waals surface area contributed by atoms with E-state index in [2.05, 4.69) is 0 Å². The quantitative estimate of drug-likeness (QED) is 0.467. The number of rotatable bonds is 2. The predicted octanol–water partition coefficient (Wildman–Crippen LogP) is 2.39. The second-order valence-corrected chi connectivity index (χ2v) is 4.53. The summed E-state index contributed by atoms with van der Waals surface area (Å²) >= 11 is 0. The van der Waals surface area contributed by atoms with Crippen LogP contribution in [-0.2, 0) is 4.74 Å². The molecule has 2 radical (unpaired) electrons. The van der Waals surface area contributed by atoms with E-state index >= 15 is 0 Å². The maximum Gasteiger partial charge on any atom is 0.276 e. The van der Waals surface area contributed by atoms with Crippen molar-refractivity contribution in [3.8, 4) is 0 Å². The second kappa shape index (κ2) is 4.85. The highest BCUT2D eigenvalue weighted by molar-refractivity contribution is 6.35. The minimum atomic E-state index is -0.428. The number of hydrogen-bond donors (Lipinski definition) is 0. The van der Waals surface area contributed by atoms with Crippen LogP contribution >= 0.6 is 0 Å². The fourth-order valence-electron chi connectivity index (χ4n) is 2.23. The van der Waals surface area contributed by atoms with Gasteiger partial charge < -0.3 is 4.74 Å². The zero-order chi connectivity index (χ0) is 14.1. The van der Waals surface area contributed by atoms with Crippen LogP contribution in [0.2, 0.25) is 0 Å². The average Bonchev–Trinajstić information content (AvgIpc) is 3.17. The van der Waals surface area contributed by atoms with E-state index in [-0.39, 0.29) is 11.6 Å². The molecule has 1 aromatic carbocycles. The van der Waals surface area contributed by atoms with Gasteiger partial charge in [0.1, 0.15) is 7.85 Å². The Morgan fingerprint density at radius 2 is 2.15 bits per heavy atom. The monoisotopic (exact) mass is 263 g/mol. The predicted molar refractivity (Wildman–Crippen MR) is 77.4 cm³/mol. The van der Waals surface area contributed by atoms with E-state index in [4.69, 9.17) is 12.6 Å². The molecular formula is C15H10BNO3. The second-order valence-electron chi connectivity index (χ2n) is 4.53. The number of hydrogen-bond acceptors (Lipinski definition) is 3. The molecular weight excluding hydrogens is 253 g/mol. The van der Waals surface area contributed by atoms with Crippen molar-refractivity contribution in [2.75, 3.05) is 0 Å². The van der Waals surface area contributed by atoms with E-state index < -0.39 is 4.92 Å². The third-order valence-electron chi connectivity index (χ3n) is 3.23. The van der Waals surface area contributed by atoms with E-state index in [9.17, 15) is 10.1 Å². The first-order chi connectivity index (χ1) is 9.68. The maximum absolute atomic E-state index is 11.2. The topological polar surface area (TPSA) is 52.4 Å². The molecule has 0 fully saturated rings. The summed E-state index contributed by atoms with van der Waals surface area (Å²) < 4.78 is 5.30. The third kappa shape index (κ3) is 2.18. The van der Waals surface area contributed by atoms with Crippen molar-refractivity contribution in [2.45, 2.75) is 0 Å². The first-order valence-electron chi connectivity index (χ1n) is 6.13. The lowest BCUT2D eigenvalue weighted by molar-refractivity contribution is -0.385. The molecule has 0 amide bonds. The molecule has 1 atom stereocenters. The van der Waals surface area contributed by atoms with Crippen molar-refractivity contribution in [1.82, 2.24) is 0 Å². The standard InChI is InChI=1S/C15H10BNO3/c16-13-5-3-6-14(17(18)19)15(13)12-9-20-7-2-1-4-10-8-11(10)12/h1-10H/b4-1-,7-2+,12-9+. The van der Waals surface area contributed by atoms with Crippen molar-refractivity contribution < 1.29 is 9.66 Å². The lowest BCUT2D eigenvalue weighted by atomic mass is 9.85. The van der Waals surface area contributed by atoms with Crippen LogP contribution < -0.4 is 5.46 Å². The lowest BCUT2D eigenvalue weighted by Crippen LogP contribution is -2.12. The first kappa shape index (κ1) is 12.5. The number of benzene rings is 1. The number of nitro benzene ring substituents is 1. The molecule has 96 valence electrons. The van der Waals surface area contributed by atoms with E-state index in [0.717, 1.165) is 5.57 Å². The Morgan fingerprint density at radius 3 is 2.95 bits per heavy atom. The molecule has 4 nitrogen and oxygen atoms in total. The van der Waals surface area contributed by atoms with Crippen molar-refractivity contribution in [2.24, 2.45) is 5.92 Å². The summed E-state index contributed by atoms with van der Waals surface area (Å²) in [7, 11) is 5.94. The fraction of sp³-hybridized carbons (Fsp3) is 0.0667. The molecule has 1 unspecified atom stereocenters. The molecule has 1 heterocycles. The van der Waals surface area contributed by atoms with E-state index in [0.29, 0.717) is 16.6 Å². The van der Waals surface area contributed by atoms with Gasteiger partial charge in [0.05, 0.1) is 23.0 Å². The van der Waals surface area contributed by atoms with Crippen LogP contribution in [0.25, 0.3) is 5.57 Å². The zero-order valence-electron chi connectivity index (χ0n) is 10.5. The van der Waals surface area contributed by atoms with Crippen LogP contribution in [0, 0.1) is 16.0 Å². The van der Waals surface area contributed by atoms with Crippen LogP contribution in [0.4, 0.5) is 5.69 Å². The normalized spacial score (nSPS) is 25.5. The average molecular weight is 263 g/mol. The Balaban J connectivity index is 2.12. The van der Waals surface area contributed by atoms with Gasteiger partial charge in [-0.1, -0.05) is 35.8 Å². The minimum Gasteiger partial charge on any atom is -0.472 e. The van der Waals surface area contributed by atoms with Gasteiger partial charge in [0.25, 0.3) is 5.69 Å². The number of ether oxygens (including phenoxy) is 1. The van der Waals surface area contributed by atoms with Gasteiger partial charge in [0.2, 0.25) is 0 Å². The SMILES string of the molecule is [B]c1cccc([N+](=O)[O-])c1/C1=C/O/C=C/C=C\C2C=C12. The fourth-order valence-corrected chi connectivity index (χ4v) is 2.23. The summed E-state index contributed by atoms with van der Waals surface area (Å²) in [6, 6.07) is 4.67. The highest BCUT2D eigenvalue weighted by Gasteiger charge is 2.31. The van der Waals surface area contributed by atoms with E-state index in [1.807, 2.05) is 18.2 Å². The molecule has 1 aromatic rings. The highest BCUT2D eigenvalue weighted by atomic mass is 16.6. The molecule has 0 saturated heterocycles. The highest BCUT2D eigenvalue weighted by Crippen LogP contribution is 2.43. The Bertz CT molecular complexity index is 701. The van der Waals surface area contributed by atoms with Crippen LogP contribution in [0.1, 0.15) is 5.56 Å². The zero-order valence-corrected chi connectivity index (χ0v) is 10.5. The molecule has 0 N–H and O–H groups in total. The summed E-state index contributed by atoms with van der Waals surface area (Å²) in [4.78, 5) is 10.8. The summed E-state index contributed by atoms with van der Waals surface area (Å²) in [5.41, 5.74) is 2.42. The van der Waals surface area contributed by atoms with Crippen LogP contribution in [0.15, 0.2) is 60.6 Å². The van der Waals surface area contributed by atoms with Gasteiger partial charge in [-0.2, -0.15) is 0 Å². The van der Waals surface area contributed by atoms with Gasteiger partial charge in [0, 0.05) is 17.6 Å². The molecule has 5 heteroatoms. The van der Waals surface area contributed by atoms with Gasteiger partial charge in [0.15, 0.2) is 0 Å². The van der Waals surface area contributed by atoms with Crippen molar-refractivity contribution in [1.29, 1.82) is 0 Å². The molecule has 20 heavy (non-hydrogen) atoms. The Kier molecular flexibility index (Phi) is 3.02. The third-order valence-corrected chi connectivity index (χ3v) is 3.23. The van der Waals surface area contributed by atoms with Crippen LogP contribution in [0.3, 0.4) is 0 Å². The molecule has 0 saturated carbocycles. The van der Waals surface area contributed by atoms with Crippen molar-refractivity contribution in [3.63, 3.8) is 0 Å². The molecule has 0 spiro atoms. The Hall–Kier alpha value is -2.56. The number of nitro groups is 1. The van der Waals surface area contributed by atoms with Crippen LogP contribution in [-0.4, -0.2) is 12.8 Å². The molecule has 1 aliphatic heterocycles. The number of fused-ring (bicyclic) bond motifs is 1. The largest absolute Gasteiger partial charge is 0.472 e. The van der Waals surface area contributed by atoms with Gasteiger partial charge in [-0.3, -0.25) is 10.1 Å². The van der Waals surface area contributed by atoms with Gasteiger partial charge in [-0.25, -0.2) is 0 Å². The summed E-state index contributed by atoms with van der Waals surface area (Å²) in [5.74, 6) is 0.187. The summed E-state index contributed by atoms with van der Waals surface area (Å²) in [6.07, 6.45) is 10.7. The van der Waals surface area contributed by atoms with Crippen LogP contribution in [0.5, 0.6) is 0 Å². The minimum absolute atomic E-state index is 0.0152. The molecule has 3 rings (SSSR count). The molecule has 1 aliphatic carbocycles. The first-order valence-corrected chi connectivity index (χ1v) is 6.13. The van der Waals surface area contributed by atoms with E-state index in [1.54, 1.807) is 18.2 Å². The number of allylic oxidation sites excluding steroid dienone is 6. The van der Waals surface area contributed by atoms with Gasteiger partial charge in [-0.15, -0.1) is 0 Å². The van der Waals surface area contributed by atoms with Gasteiger partial charge >= 0.3 is 0 Å².